The smallest absolute Gasteiger partial charge is 0.257 e. The van der Waals surface area contributed by atoms with Crippen LogP contribution in [-0.2, 0) is 4.74 Å². The van der Waals surface area contributed by atoms with E-state index in [2.05, 4.69) is 15.6 Å². The first-order chi connectivity index (χ1) is 10.1. The number of carbonyl (C=O) groups is 1. The minimum absolute atomic E-state index is 0.0779. The van der Waals surface area contributed by atoms with Gasteiger partial charge in [-0.2, -0.15) is 4.98 Å². The molecular weight excluding hydrogens is 296 g/mol. The molecule has 1 aliphatic heterocycles. The Hall–Kier alpha value is -1.57. The molecule has 0 spiro atoms. The normalized spacial score (nSPS) is 21.9. The van der Waals surface area contributed by atoms with Gasteiger partial charge in [-0.15, -0.1) is 0 Å². The van der Waals surface area contributed by atoms with Gasteiger partial charge in [0.25, 0.3) is 5.91 Å². The summed E-state index contributed by atoms with van der Waals surface area (Å²) >= 11 is 5.93. The van der Waals surface area contributed by atoms with Crippen LogP contribution >= 0.6 is 11.6 Å². The number of hydrogen-bond donors (Lipinski definition) is 3. The number of methoxy groups -OCH3 is 2. The number of hydrogen-bond acceptors (Lipinski definition) is 6. The van der Waals surface area contributed by atoms with Crippen LogP contribution in [0.15, 0.2) is 6.07 Å². The molecule has 1 amide bonds. The van der Waals surface area contributed by atoms with E-state index < -0.39 is 0 Å². The van der Waals surface area contributed by atoms with Crippen molar-refractivity contribution in [1.29, 1.82) is 0 Å². The molecule has 0 aliphatic carbocycles. The number of nitrogens with two attached hydrogens (primary N) is 1. The summed E-state index contributed by atoms with van der Waals surface area (Å²) in [4.78, 5) is 16.4. The van der Waals surface area contributed by atoms with Gasteiger partial charge < -0.3 is 25.8 Å². The van der Waals surface area contributed by atoms with Crippen molar-refractivity contribution in [2.45, 2.75) is 18.6 Å². The Balaban J connectivity index is 2.18. The molecule has 116 valence electrons. The highest BCUT2D eigenvalue weighted by atomic mass is 35.5. The number of anilines is 1. The van der Waals surface area contributed by atoms with Crippen LogP contribution in [0.1, 0.15) is 16.8 Å². The maximum atomic E-state index is 12.4. The fourth-order valence-corrected chi connectivity index (χ4v) is 2.44. The van der Waals surface area contributed by atoms with Crippen LogP contribution in [0.3, 0.4) is 0 Å². The summed E-state index contributed by atoms with van der Waals surface area (Å²) < 4.78 is 10.5. The third-order valence-electron chi connectivity index (χ3n) is 3.45. The molecule has 7 nitrogen and oxygen atoms in total. The van der Waals surface area contributed by atoms with E-state index in [0.717, 1.165) is 13.0 Å². The van der Waals surface area contributed by atoms with Gasteiger partial charge in [-0.3, -0.25) is 4.79 Å². The fraction of sp³-hybridized carbons (Fsp3) is 0.538. The first-order valence-electron chi connectivity index (χ1n) is 6.61. The first-order valence-corrected chi connectivity index (χ1v) is 6.99. The van der Waals surface area contributed by atoms with Crippen molar-refractivity contribution in [1.82, 2.24) is 15.6 Å². The molecule has 2 heterocycles. The molecule has 1 aliphatic rings. The molecule has 4 N–H and O–H groups in total. The summed E-state index contributed by atoms with van der Waals surface area (Å²) in [5.41, 5.74) is 5.86. The van der Waals surface area contributed by atoms with Crippen LogP contribution in [-0.4, -0.2) is 50.3 Å². The number of nitrogen functional groups attached to an aromatic ring is 1. The molecule has 0 unspecified atom stereocenters. The third-order valence-corrected chi connectivity index (χ3v) is 3.75. The highest BCUT2D eigenvalue weighted by Crippen LogP contribution is 2.25. The number of pyridine rings is 1. The Morgan fingerprint density at radius 1 is 1.57 bits per heavy atom. The molecule has 1 saturated heterocycles. The average molecular weight is 315 g/mol. The minimum Gasteiger partial charge on any atom is -0.480 e. The first kappa shape index (κ1) is 15.8. The van der Waals surface area contributed by atoms with Gasteiger partial charge in [0.05, 0.1) is 24.3 Å². The molecule has 2 rings (SSSR count). The average Bonchev–Trinajstić information content (AvgIpc) is 2.50. The second kappa shape index (κ2) is 6.93. The largest absolute Gasteiger partial charge is 0.480 e. The zero-order valence-corrected chi connectivity index (χ0v) is 12.7. The van der Waals surface area contributed by atoms with Crippen molar-refractivity contribution in [3.8, 4) is 5.88 Å². The van der Waals surface area contributed by atoms with Crippen molar-refractivity contribution in [2.75, 3.05) is 33.0 Å². The van der Waals surface area contributed by atoms with Crippen LogP contribution in [0.25, 0.3) is 0 Å². The molecule has 0 bridgehead atoms. The predicted molar refractivity (Wildman–Crippen MR) is 79.7 cm³/mol. The van der Waals surface area contributed by atoms with Crippen molar-refractivity contribution in [2.24, 2.45) is 0 Å². The van der Waals surface area contributed by atoms with E-state index in [1.807, 2.05) is 0 Å². The number of ether oxygens (including phenoxy) is 2. The number of nitrogens with zero attached hydrogens (tertiary/aromatic N) is 1. The van der Waals surface area contributed by atoms with Crippen molar-refractivity contribution >= 4 is 23.3 Å². The summed E-state index contributed by atoms with van der Waals surface area (Å²) in [7, 11) is 3.05. The molecule has 21 heavy (non-hydrogen) atoms. The van der Waals surface area contributed by atoms with E-state index in [9.17, 15) is 4.79 Å². The van der Waals surface area contributed by atoms with Crippen molar-refractivity contribution < 1.29 is 14.3 Å². The maximum Gasteiger partial charge on any atom is 0.257 e. The summed E-state index contributed by atoms with van der Waals surface area (Å²) in [6, 6.07) is 1.38. The van der Waals surface area contributed by atoms with Gasteiger partial charge in [-0.1, -0.05) is 11.6 Å². The number of halogens is 1. The Morgan fingerprint density at radius 2 is 2.33 bits per heavy atom. The summed E-state index contributed by atoms with van der Waals surface area (Å²) in [6.07, 6.45) is 0.703. The van der Waals surface area contributed by atoms with E-state index in [0.29, 0.717) is 6.54 Å². The number of rotatable bonds is 4. The molecule has 1 aromatic heterocycles. The highest BCUT2D eigenvalue weighted by Gasteiger charge is 2.28. The quantitative estimate of drug-likeness (QED) is 0.745. The molecular formula is C13H19ClN4O3. The lowest BCUT2D eigenvalue weighted by molar-refractivity contribution is 0.0475. The van der Waals surface area contributed by atoms with Crippen LogP contribution in [0.2, 0.25) is 5.02 Å². The van der Waals surface area contributed by atoms with E-state index in [4.69, 9.17) is 26.8 Å². The number of nitrogens with one attached hydrogen (secondary N) is 2. The number of aromatic nitrogens is 1. The van der Waals surface area contributed by atoms with E-state index >= 15 is 0 Å². The molecule has 1 aromatic rings. The van der Waals surface area contributed by atoms with Gasteiger partial charge in [-0.25, -0.2) is 0 Å². The molecule has 0 saturated carbocycles. The van der Waals surface area contributed by atoms with E-state index in [1.54, 1.807) is 7.11 Å². The summed E-state index contributed by atoms with van der Waals surface area (Å²) in [6.45, 7) is 1.52. The molecule has 8 heteroatoms. The lowest BCUT2D eigenvalue weighted by Gasteiger charge is -2.31. The van der Waals surface area contributed by atoms with Gasteiger partial charge in [0, 0.05) is 13.7 Å². The van der Waals surface area contributed by atoms with Gasteiger partial charge in [0.1, 0.15) is 11.4 Å². The third kappa shape index (κ3) is 3.55. The highest BCUT2D eigenvalue weighted by molar-refractivity contribution is 6.33. The van der Waals surface area contributed by atoms with Crippen LogP contribution in [0.5, 0.6) is 5.88 Å². The Kier molecular flexibility index (Phi) is 5.22. The van der Waals surface area contributed by atoms with Crippen LogP contribution < -0.4 is 21.1 Å². The van der Waals surface area contributed by atoms with E-state index in [-0.39, 0.29) is 40.3 Å². The lowest BCUT2D eigenvalue weighted by atomic mass is 10.0. The number of amides is 1. The van der Waals surface area contributed by atoms with Crippen LogP contribution in [0.4, 0.5) is 5.82 Å². The summed E-state index contributed by atoms with van der Waals surface area (Å²) in [5.74, 6) is -0.0331. The number of carbonyl (C=O) groups excluding carboxylic acids is 1. The molecule has 1 fully saturated rings. The maximum absolute atomic E-state index is 12.4. The van der Waals surface area contributed by atoms with Crippen LogP contribution in [0, 0.1) is 0 Å². The van der Waals surface area contributed by atoms with Crippen molar-refractivity contribution in [3.63, 3.8) is 0 Å². The topological polar surface area (TPSA) is 98.5 Å². The monoisotopic (exact) mass is 314 g/mol. The fourth-order valence-electron chi connectivity index (χ4n) is 2.29. The van der Waals surface area contributed by atoms with Gasteiger partial charge in [0.15, 0.2) is 0 Å². The zero-order valence-electron chi connectivity index (χ0n) is 12.0. The van der Waals surface area contributed by atoms with Gasteiger partial charge in [0.2, 0.25) is 5.88 Å². The Morgan fingerprint density at radius 3 is 3.00 bits per heavy atom. The molecule has 2 atom stereocenters. The van der Waals surface area contributed by atoms with Gasteiger partial charge >= 0.3 is 0 Å². The van der Waals surface area contributed by atoms with E-state index in [1.165, 1.54) is 13.2 Å². The standard InChI is InChI=1S/C13H19ClN4O3/c1-20-10-6-16-4-3-9(10)17-12(19)7-5-8(14)11(15)18-13(7)21-2/h5,9-10,16H,3-4,6H2,1-2H3,(H2,15,18)(H,17,19)/t9-,10+/m0/s1. The Labute approximate surface area is 128 Å². The second-order valence-electron chi connectivity index (χ2n) is 4.76. The zero-order chi connectivity index (χ0) is 15.4. The summed E-state index contributed by atoms with van der Waals surface area (Å²) in [5, 5.41) is 6.37. The number of piperidine rings is 1. The van der Waals surface area contributed by atoms with Gasteiger partial charge in [-0.05, 0) is 19.0 Å². The predicted octanol–water partition coefficient (Wildman–Crippen LogP) is 0.432. The second-order valence-corrected chi connectivity index (χ2v) is 5.17. The lowest BCUT2D eigenvalue weighted by Crippen LogP contribution is -2.53. The molecule has 0 radical (unpaired) electrons. The Bertz CT molecular complexity index is 526. The van der Waals surface area contributed by atoms with Crippen molar-refractivity contribution in [3.05, 3.63) is 16.7 Å². The SMILES string of the molecule is COc1nc(N)c(Cl)cc1C(=O)N[C@H]1CCNC[C@H]1OC. The minimum atomic E-state index is -0.310. The molecule has 0 aromatic carbocycles.